The first-order chi connectivity index (χ1) is 8.02. The minimum Gasteiger partial charge on any atom is -0.316 e. The van der Waals surface area contributed by atoms with Gasteiger partial charge in [0, 0.05) is 17.1 Å². The van der Waals surface area contributed by atoms with Crippen LogP contribution in [-0.2, 0) is 6.42 Å². The molecule has 1 rings (SSSR count). The van der Waals surface area contributed by atoms with Crippen LogP contribution in [0.3, 0.4) is 0 Å². The largest absolute Gasteiger partial charge is 0.316 e. The highest BCUT2D eigenvalue weighted by molar-refractivity contribution is 6.31. The maximum Gasteiger partial charge on any atom is 0.127 e. The molecule has 1 nitrogen and oxygen atoms in total. The highest BCUT2D eigenvalue weighted by Gasteiger charge is 2.24. The van der Waals surface area contributed by atoms with E-state index < -0.39 is 0 Å². The second-order valence-electron chi connectivity index (χ2n) is 4.82. The summed E-state index contributed by atoms with van der Waals surface area (Å²) in [5.74, 6) is -0.200. The van der Waals surface area contributed by atoms with Crippen LogP contribution in [0.25, 0.3) is 0 Å². The third kappa shape index (κ3) is 3.97. The molecule has 0 saturated heterocycles. The standard InChI is InChI=1S/C14H21ClFN/c1-4-14(3,10-17-5-2)9-11-12(15)7-6-8-13(11)16/h6-8,17H,4-5,9-10H2,1-3H3. The van der Waals surface area contributed by atoms with E-state index in [0.717, 1.165) is 19.5 Å². The van der Waals surface area contributed by atoms with E-state index in [1.54, 1.807) is 12.1 Å². The molecule has 0 fully saturated rings. The number of halogens is 2. The summed E-state index contributed by atoms with van der Waals surface area (Å²) in [4.78, 5) is 0. The molecule has 0 heterocycles. The van der Waals surface area contributed by atoms with Crippen LogP contribution < -0.4 is 5.32 Å². The summed E-state index contributed by atoms with van der Waals surface area (Å²) in [5, 5.41) is 3.86. The fourth-order valence-electron chi connectivity index (χ4n) is 1.87. The quantitative estimate of drug-likeness (QED) is 0.811. The van der Waals surface area contributed by atoms with E-state index in [-0.39, 0.29) is 11.2 Å². The number of nitrogens with one attached hydrogen (secondary N) is 1. The molecule has 1 aromatic rings. The molecular weight excluding hydrogens is 237 g/mol. The third-order valence-electron chi connectivity index (χ3n) is 3.32. The topological polar surface area (TPSA) is 12.0 Å². The first-order valence-electron chi connectivity index (χ1n) is 6.16. The number of benzene rings is 1. The summed E-state index contributed by atoms with van der Waals surface area (Å²) in [7, 11) is 0. The zero-order valence-electron chi connectivity index (χ0n) is 10.8. The summed E-state index contributed by atoms with van der Waals surface area (Å²) < 4.78 is 13.7. The van der Waals surface area contributed by atoms with E-state index in [1.807, 2.05) is 0 Å². The lowest BCUT2D eigenvalue weighted by molar-refractivity contribution is 0.289. The van der Waals surface area contributed by atoms with Gasteiger partial charge in [-0.05, 0) is 36.9 Å². The Morgan fingerprint density at radius 1 is 1.35 bits per heavy atom. The van der Waals surface area contributed by atoms with Crippen molar-refractivity contribution in [2.75, 3.05) is 13.1 Å². The zero-order chi connectivity index (χ0) is 12.9. The van der Waals surface area contributed by atoms with Gasteiger partial charge in [0.1, 0.15) is 5.82 Å². The predicted molar refractivity (Wildman–Crippen MR) is 72.1 cm³/mol. The fourth-order valence-corrected chi connectivity index (χ4v) is 2.10. The molecule has 1 unspecified atom stereocenters. The van der Waals surface area contributed by atoms with Crippen LogP contribution in [0.1, 0.15) is 32.8 Å². The van der Waals surface area contributed by atoms with Crippen LogP contribution in [0.5, 0.6) is 0 Å². The Bertz CT molecular complexity index is 347. The number of hydrogen-bond donors (Lipinski definition) is 1. The highest BCUT2D eigenvalue weighted by Crippen LogP contribution is 2.30. The van der Waals surface area contributed by atoms with E-state index in [2.05, 4.69) is 26.1 Å². The Morgan fingerprint density at radius 2 is 2.06 bits per heavy atom. The van der Waals surface area contributed by atoms with Crippen molar-refractivity contribution in [3.63, 3.8) is 0 Å². The predicted octanol–water partition coefficient (Wildman–Crippen LogP) is 4.05. The average molecular weight is 258 g/mol. The summed E-state index contributed by atoms with van der Waals surface area (Å²) >= 11 is 6.07. The second kappa shape index (κ2) is 6.36. The summed E-state index contributed by atoms with van der Waals surface area (Å²) in [5.41, 5.74) is 0.679. The summed E-state index contributed by atoms with van der Waals surface area (Å²) in [6.07, 6.45) is 1.66. The normalized spacial score (nSPS) is 14.6. The SMILES string of the molecule is CCNCC(C)(CC)Cc1c(F)cccc1Cl. The Balaban J connectivity index is 2.86. The van der Waals surface area contributed by atoms with E-state index in [4.69, 9.17) is 11.6 Å². The van der Waals surface area contributed by atoms with Gasteiger partial charge in [-0.15, -0.1) is 0 Å². The van der Waals surface area contributed by atoms with E-state index in [1.165, 1.54) is 6.07 Å². The first kappa shape index (κ1) is 14.5. The van der Waals surface area contributed by atoms with Gasteiger partial charge in [0.25, 0.3) is 0 Å². The monoisotopic (exact) mass is 257 g/mol. The van der Waals surface area contributed by atoms with Crippen molar-refractivity contribution in [2.45, 2.75) is 33.6 Å². The van der Waals surface area contributed by atoms with Crippen molar-refractivity contribution < 1.29 is 4.39 Å². The molecule has 17 heavy (non-hydrogen) atoms. The average Bonchev–Trinajstić information content (AvgIpc) is 2.32. The van der Waals surface area contributed by atoms with E-state index in [9.17, 15) is 4.39 Å². The molecule has 1 aromatic carbocycles. The molecule has 0 aromatic heterocycles. The minimum absolute atomic E-state index is 0.0435. The molecule has 0 spiro atoms. The molecule has 0 radical (unpaired) electrons. The maximum atomic E-state index is 13.7. The molecule has 0 aliphatic rings. The lowest BCUT2D eigenvalue weighted by Gasteiger charge is -2.29. The van der Waals surface area contributed by atoms with Gasteiger partial charge in [0.05, 0.1) is 0 Å². The van der Waals surface area contributed by atoms with Crippen LogP contribution in [0.2, 0.25) is 5.02 Å². The van der Waals surface area contributed by atoms with Gasteiger partial charge in [0.15, 0.2) is 0 Å². The van der Waals surface area contributed by atoms with Crippen LogP contribution in [-0.4, -0.2) is 13.1 Å². The van der Waals surface area contributed by atoms with Crippen molar-refractivity contribution in [3.8, 4) is 0 Å². The maximum absolute atomic E-state index is 13.7. The van der Waals surface area contributed by atoms with Crippen LogP contribution in [0.15, 0.2) is 18.2 Å². The van der Waals surface area contributed by atoms with Gasteiger partial charge in [-0.25, -0.2) is 4.39 Å². The third-order valence-corrected chi connectivity index (χ3v) is 3.67. The Labute approximate surface area is 108 Å². The number of hydrogen-bond acceptors (Lipinski definition) is 1. The lowest BCUT2D eigenvalue weighted by Crippen LogP contribution is -2.33. The molecule has 0 bridgehead atoms. The fraction of sp³-hybridized carbons (Fsp3) is 0.571. The van der Waals surface area contributed by atoms with Gasteiger partial charge >= 0.3 is 0 Å². The van der Waals surface area contributed by atoms with Crippen molar-refractivity contribution in [1.29, 1.82) is 0 Å². The van der Waals surface area contributed by atoms with Crippen LogP contribution in [0.4, 0.5) is 4.39 Å². The summed E-state index contributed by atoms with van der Waals surface area (Å²) in [6.45, 7) is 8.18. The molecule has 96 valence electrons. The van der Waals surface area contributed by atoms with Crippen molar-refractivity contribution >= 4 is 11.6 Å². The van der Waals surface area contributed by atoms with Crippen molar-refractivity contribution in [3.05, 3.63) is 34.6 Å². The van der Waals surface area contributed by atoms with E-state index >= 15 is 0 Å². The molecule has 1 N–H and O–H groups in total. The van der Waals surface area contributed by atoms with Gasteiger partial charge in [-0.2, -0.15) is 0 Å². The molecule has 0 saturated carbocycles. The lowest BCUT2D eigenvalue weighted by atomic mass is 9.81. The zero-order valence-corrected chi connectivity index (χ0v) is 11.6. The van der Waals surface area contributed by atoms with Crippen LogP contribution in [0, 0.1) is 11.2 Å². The molecule has 0 amide bonds. The molecule has 0 aliphatic heterocycles. The van der Waals surface area contributed by atoms with Gasteiger partial charge in [-0.1, -0.05) is 38.4 Å². The molecule has 3 heteroatoms. The van der Waals surface area contributed by atoms with Crippen molar-refractivity contribution in [2.24, 2.45) is 5.41 Å². The number of rotatable bonds is 6. The molecule has 0 aliphatic carbocycles. The molecular formula is C14H21ClFN. The van der Waals surface area contributed by atoms with Crippen LogP contribution >= 0.6 is 11.6 Å². The van der Waals surface area contributed by atoms with Gasteiger partial charge in [-0.3, -0.25) is 0 Å². The Morgan fingerprint density at radius 3 is 2.59 bits per heavy atom. The minimum atomic E-state index is -0.200. The highest BCUT2D eigenvalue weighted by atomic mass is 35.5. The van der Waals surface area contributed by atoms with Gasteiger partial charge < -0.3 is 5.32 Å². The second-order valence-corrected chi connectivity index (χ2v) is 5.23. The van der Waals surface area contributed by atoms with E-state index in [0.29, 0.717) is 17.0 Å². The van der Waals surface area contributed by atoms with Gasteiger partial charge in [0.2, 0.25) is 0 Å². The smallest absolute Gasteiger partial charge is 0.127 e. The summed E-state index contributed by atoms with van der Waals surface area (Å²) in [6, 6.07) is 4.88. The Kier molecular flexibility index (Phi) is 5.41. The first-order valence-corrected chi connectivity index (χ1v) is 6.54. The molecule has 1 atom stereocenters. The van der Waals surface area contributed by atoms with Crippen molar-refractivity contribution in [1.82, 2.24) is 5.32 Å². The Hall–Kier alpha value is -0.600.